The van der Waals surface area contributed by atoms with Crippen LogP contribution < -0.4 is 0 Å². The Morgan fingerprint density at radius 3 is 2.82 bits per heavy atom. The van der Waals surface area contributed by atoms with Crippen molar-refractivity contribution in [3.8, 4) is 0 Å². The Kier molecular flexibility index (Phi) is 3.30. The minimum Gasteiger partial charge on any atom is -0.386 e. The summed E-state index contributed by atoms with van der Waals surface area (Å²) >= 11 is 3.27. The highest BCUT2D eigenvalue weighted by molar-refractivity contribution is 9.09. The maximum atomic E-state index is 9.38. The van der Waals surface area contributed by atoms with E-state index in [0.717, 1.165) is 17.3 Å². The molecule has 2 N–H and O–H groups in total. The van der Waals surface area contributed by atoms with E-state index in [-0.39, 0.29) is 0 Å². The average Bonchev–Trinajstić information content (AvgIpc) is 1.99. The number of aliphatic hydroxyl groups excluding tert-OH is 2. The van der Waals surface area contributed by atoms with Crippen molar-refractivity contribution in [1.82, 2.24) is 0 Å². The molecule has 0 aromatic heterocycles. The van der Waals surface area contributed by atoms with Crippen molar-refractivity contribution in [2.75, 3.05) is 5.33 Å². The number of rotatable bonds is 2. The van der Waals surface area contributed by atoms with Crippen LogP contribution in [0.2, 0.25) is 0 Å². The summed E-state index contributed by atoms with van der Waals surface area (Å²) < 4.78 is 0. The maximum absolute atomic E-state index is 9.38. The molecule has 2 atom stereocenters. The highest BCUT2D eigenvalue weighted by atomic mass is 79.9. The van der Waals surface area contributed by atoms with E-state index in [4.69, 9.17) is 0 Å². The van der Waals surface area contributed by atoms with E-state index in [0.29, 0.717) is 0 Å². The third kappa shape index (κ3) is 2.15. The molecule has 0 aromatic carbocycles. The molecule has 0 aliphatic heterocycles. The molecule has 2 nitrogen and oxygen atoms in total. The summed E-state index contributed by atoms with van der Waals surface area (Å²) in [5.74, 6) is 0. The van der Waals surface area contributed by atoms with Crippen LogP contribution in [-0.2, 0) is 0 Å². The Morgan fingerprint density at radius 2 is 2.18 bits per heavy atom. The summed E-state index contributed by atoms with van der Waals surface area (Å²) in [5.41, 5.74) is 0.886. The normalized spacial score (nSPS) is 30.3. The molecule has 0 fully saturated rings. The quantitative estimate of drug-likeness (QED) is 0.680. The van der Waals surface area contributed by atoms with Crippen LogP contribution in [0.1, 0.15) is 6.42 Å². The number of aliphatic hydroxyl groups is 2. The van der Waals surface area contributed by atoms with E-state index >= 15 is 0 Å². The Balaban J connectivity index is 2.62. The topological polar surface area (TPSA) is 40.5 Å². The second-order valence-electron chi connectivity index (χ2n) is 2.50. The standard InChI is InChI=1S/C8H11BrO2/c9-5-4-6-2-1-3-7(10)8(6)11/h1-3,7-8,10-11H,4-5H2/t7-,8+/m0/s1. The van der Waals surface area contributed by atoms with Crippen molar-refractivity contribution < 1.29 is 10.2 Å². The predicted octanol–water partition coefficient (Wildman–Crippen LogP) is 0.989. The van der Waals surface area contributed by atoms with Gasteiger partial charge in [-0.05, 0) is 12.0 Å². The van der Waals surface area contributed by atoms with Crippen LogP contribution >= 0.6 is 15.9 Å². The molecule has 0 amide bonds. The first-order valence-corrected chi connectivity index (χ1v) is 4.67. The number of hydrogen-bond donors (Lipinski definition) is 2. The molecule has 1 rings (SSSR count). The van der Waals surface area contributed by atoms with Gasteiger partial charge in [0.2, 0.25) is 0 Å². The highest BCUT2D eigenvalue weighted by Crippen LogP contribution is 2.17. The Bertz CT molecular complexity index is 187. The van der Waals surface area contributed by atoms with Crippen LogP contribution in [0.3, 0.4) is 0 Å². The largest absolute Gasteiger partial charge is 0.386 e. The van der Waals surface area contributed by atoms with Gasteiger partial charge in [0, 0.05) is 5.33 Å². The summed E-state index contributed by atoms with van der Waals surface area (Å²) in [5, 5.41) is 19.4. The molecule has 11 heavy (non-hydrogen) atoms. The van der Waals surface area contributed by atoms with Crippen molar-refractivity contribution >= 4 is 15.9 Å². The number of alkyl halides is 1. The molecule has 0 bridgehead atoms. The van der Waals surface area contributed by atoms with E-state index in [1.807, 2.05) is 6.08 Å². The highest BCUT2D eigenvalue weighted by Gasteiger charge is 2.19. The first kappa shape index (κ1) is 8.97. The van der Waals surface area contributed by atoms with Crippen molar-refractivity contribution in [1.29, 1.82) is 0 Å². The first-order chi connectivity index (χ1) is 5.25. The molecular weight excluding hydrogens is 208 g/mol. The van der Waals surface area contributed by atoms with Crippen molar-refractivity contribution in [3.05, 3.63) is 23.8 Å². The maximum Gasteiger partial charge on any atom is 0.105 e. The van der Waals surface area contributed by atoms with Gasteiger partial charge in [-0.2, -0.15) is 0 Å². The fourth-order valence-corrected chi connectivity index (χ4v) is 1.51. The lowest BCUT2D eigenvalue weighted by Crippen LogP contribution is -2.27. The first-order valence-electron chi connectivity index (χ1n) is 3.55. The number of hydrogen-bond acceptors (Lipinski definition) is 2. The minimum atomic E-state index is -0.728. The minimum absolute atomic E-state index is 0.711. The predicted molar refractivity (Wildman–Crippen MR) is 47.6 cm³/mol. The molecule has 0 unspecified atom stereocenters. The van der Waals surface area contributed by atoms with Crippen LogP contribution in [0.4, 0.5) is 0 Å². The summed E-state index contributed by atoms with van der Waals surface area (Å²) in [6, 6.07) is 0. The molecule has 0 saturated heterocycles. The van der Waals surface area contributed by atoms with Gasteiger partial charge in [0.1, 0.15) is 12.2 Å². The molecule has 1 aliphatic carbocycles. The van der Waals surface area contributed by atoms with Crippen LogP contribution in [0.5, 0.6) is 0 Å². The molecule has 0 saturated carbocycles. The monoisotopic (exact) mass is 218 g/mol. The fraction of sp³-hybridized carbons (Fsp3) is 0.500. The van der Waals surface area contributed by atoms with Gasteiger partial charge in [-0.25, -0.2) is 0 Å². The molecule has 0 heterocycles. The van der Waals surface area contributed by atoms with E-state index in [1.165, 1.54) is 0 Å². The second-order valence-corrected chi connectivity index (χ2v) is 3.29. The van der Waals surface area contributed by atoms with Crippen molar-refractivity contribution in [2.24, 2.45) is 0 Å². The van der Waals surface area contributed by atoms with Gasteiger partial charge in [-0.3, -0.25) is 0 Å². The smallest absolute Gasteiger partial charge is 0.105 e. The molecule has 0 aromatic rings. The molecule has 62 valence electrons. The van der Waals surface area contributed by atoms with Gasteiger partial charge in [0.25, 0.3) is 0 Å². The summed E-state index contributed by atoms with van der Waals surface area (Å²) in [6.45, 7) is 0. The van der Waals surface area contributed by atoms with Crippen molar-refractivity contribution in [3.63, 3.8) is 0 Å². The van der Waals surface area contributed by atoms with E-state index < -0.39 is 12.2 Å². The van der Waals surface area contributed by atoms with Gasteiger partial charge in [0.05, 0.1) is 0 Å². The zero-order chi connectivity index (χ0) is 8.27. The summed E-state index contributed by atoms with van der Waals surface area (Å²) in [7, 11) is 0. The molecular formula is C8H11BrO2. The van der Waals surface area contributed by atoms with Crippen molar-refractivity contribution in [2.45, 2.75) is 18.6 Å². The van der Waals surface area contributed by atoms with Gasteiger partial charge >= 0.3 is 0 Å². The molecule has 0 spiro atoms. The van der Waals surface area contributed by atoms with Crippen LogP contribution in [0.15, 0.2) is 23.8 Å². The van der Waals surface area contributed by atoms with Crippen LogP contribution in [0, 0.1) is 0 Å². The molecule has 3 heteroatoms. The number of allylic oxidation sites excluding steroid dienone is 2. The van der Waals surface area contributed by atoms with Gasteiger partial charge in [-0.1, -0.05) is 34.2 Å². The van der Waals surface area contributed by atoms with Crippen LogP contribution in [0.25, 0.3) is 0 Å². The van der Waals surface area contributed by atoms with Gasteiger partial charge in [-0.15, -0.1) is 0 Å². The molecule has 1 aliphatic rings. The molecule has 0 radical (unpaired) electrons. The third-order valence-electron chi connectivity index (χ3n) is 1.71. The van der Waals surface area contributed by atoms with Gasteiger partial charge in [0.15, 0.2) is 0 Å². The third-order valence-corrected chi connectivity index (χ3v) is 2.10. The summed E-state index contributed by atoms with van der Waals surface area (Å²) in [6.07, 6.45) is 4.55. The van der Waals surface area contributed by atoms with Gasteiger partial charge < -0.3 is 10.2 Å². The average molecular weight is 219 g/mol. The summed E-state index contributed by atoms with van der Waals surface area (Å²) in [4.78, 5) is 0. The lowest BCUT2D eigenvalue weighted by atomic mass is 9.97. The lowest BCUT2D eigenvalue weighted by Gasteiger charge is -2.20. The van der Waals surface area contributed by atoms with Crippen LogP contribution in [-0.4, -0.2) is 27.8 Å². The van der Waals surface area contributed by atoms with E-state index in [2.05, 4.69) is 15.9 Å². The zero-order valence-electron chi connectivity index (χ0n) is 6.07. The Morgan fingerprint density at radius 1 is 1.45 bits per heavy atom. The SMILES string of the molecule is O[C@@H]1C(CCBr)=CC=C[C@@H]1O. The Hall–Kier alpha value is -0.120. The lowest BCUT2D eigenvalue weighted by molar-refractivity contribution is 0.0698. The number of halogens is 1. The van der Waals surface area contributed by atoms with E-state index in [1.54, 1.807) is 12.2 Å². The zero-order valence-corrected chi connectivity index (χ0v) is 7.66. The second kappa shape index (κ2) is 4.04. The Labute approximate surface area is 74.4 Å². The fourth-order valence-electron chi connectivity index (χ4n) is 1.06. The van der Waals surface area contributed by atoms with E-state index in [9.17, 15) is 10.2 Å².